The van der Waals surface area contributed by atoms with Gasteiger partial charge in [-0.05, 0) is 26.0 Å². The SMILES string of the molecule is CC(C)Oc1ncccc1NC(=O)c1cscn1. The Hall–Kier alpha value is -1.95. The van der Waals surface area contributed by atoms with Gasteiger partial charge in [0, 0.05) is 11.6 Å². The maximum absolute atomic E-state index is 11.9. The summed E-state index contributed by atoms with van der Waals surface area (Å²) in [6.45, 7) is 3.81. The maximum Gasteiger partial charge on any atom is 0.275 e. The molecule has 2 aromatic heterocycles. The van der Waals surface area contributed by atoms with Crippen LogP contribution in [0.1, 0.15) is 24.3 Å². The second-order valence-corrected chi connectivity index (χ2v) is 4.57. The van der Waals surface area contributed by atoms with Crippen LogP contribution in [-0.2, 0) is 0 Å². The summed E-state index contributed by atoms with van der Waals surface area (Å²) >= 11 is 1.37. The van der Waals surface area contributed by atoms with Crippen LogP contribution >= 0.6 is 11.3 Å². The lowest BCUT2D eigenvalue weighted by molar-refractivity contribution is 0.102. The molecule has 1 N–H and O–H groups in total. The van der Waals surface area contributed by atoms with Gasteiger partial charge in [0.1, 0.15) is 11.4 Å². The van der Waals surface area contributed by atoms with E-state index in [1.54, 1.807) is 29.2 Å². The number of carbonyl (C=O) groups is 1. The van der Waals surface area contributed by atoms with E-state index in [4.69, 9.17) is 4.74 Å². The Morgan fingerprint density at radius 1 is 1.44 bits per heavy atom. The molecular formula is C12H13N3O2S. The lowest BCUT2D eigenvalue weighted by Gasteiger charge is -2.12. The van der Waals surface area contributed by atoms with E-state index in [2.05, 4.69) is 15.3 Å². The zero-order valence-electron chi connectivity index (χ0n) is 10.1. The molecule has 5 nitrogen and oxygen atoms in total. The summed E-state index contributed by atoms with van der Waals surface area (Å²) in [5.74, 6) is 0.147. The monoisotopic (exact) mass is 263 g/mol. The number of hydrogen-bond acceptors (Lipinski definition) is 5. The van der Waals surface area contributed by atoms with E-state index in [1.165, 1.54) is 11.3 Å². The molecule has 2 rings (SSSR count). The molecule has 18 heavy (non-hydrogen) atoms. The number of ether oxygens (including phenoxy) is 1. The van der Waals surface area contributed by atoms with Gasteiger partial charge in [-0.25, -0.2) is 9.97 Å². The molecule has 0 saturated heterocycles. The van der Waals surface area contributed by atoms with E-state index in [0.717, 1.165) is 0 Å². The highest BCUT2D eigenvalue weighted by atomic mass is 32.1. The summed E-state index contributed by atoms with van der Waals surface area (Å²) < 4.78 is 5.52. The molecule has 2 aromatic rings. The van der Waals surface area contributed by atoms with Crippen molar-refractivity contribution in [1.29, 1.82) is 0 Å². The highest BCUT2D eigenvalue weighted by Crippen LogP contribution is 2.22. The Bertz CT molecular complexity index is 526. The van der Waals surface area contributed by atoms with Crippen molar-refractivity contribution in [2.45, 2.75) is 20.0 Å². The zero-order chi connectivity index (χ0) is 13.0. The van der Waals surface area contributed by atoms with Crippen molar-refractivity contribution in [3.63, 3.8) is 0 Å². The van der Waals surface area contributed by atoms with Crippen LogP contribution in [0.15, 0.2) is 29.2 Å². The van der Waals surface area contributed by atoms with Gasteiger partial charge in [-0.2, -0.15) is 0 Å². The second kappa shape index (κ2) is 5.59. The van der Waals surface area contributed by atoms with Crippen LogP contribution in [0.2, 0.25) is 0 Å². The Morgan fingerprint density at radius 2 is 2.28 bits per heavy atom. The Morgan fingerprint density at radius 3 is 2.94 bits per heavy atom. The minimum Gasteiger partial charge on any atom is -0.473 e. The molecule has 0 saturated carbocycles. The first-order chi connectivity index (χ1) is 8.66. The molecule has 0 aliphatic heterocycles. The quantitative estimate of drug-likeness (QED) is 0.920. The molecule has 0 aromatic carbocycles. The molecule has 2 heterocycles. The van der Waals surface area contributed by atoms with Gasteiger partial charge in [-0.1, -0.05) is 0 Å². The predicted octanol–water partition coefficient (Wildman–Crippen LogP) is 2.58. The summed E-state index contributed by atoms with van der Waals surface area (Å²) in [5, 5.41) is 4.43. The summed E-state index contributed by atoms with van der Waals surface area (Å²) in [7, 11) is 0. The molecule has 94 valence electrons. The summed E-state index contributed by atoms with van der Waals surface area (Å²) in [5.41, 5.74) is 2.55. The summed E-state index contributed by atoms with van der Waals surface area (Å²) in [4.78, 5) is 19.9. The molecule has 0 unspecified atom stereocenters. The topological polar surface area (TPSA) is 64.1 Å². The van der Waals surface area contributed by atoms with E-state index in [0.29, 0.717) is 17.3 Å². The highest BCUT2D eigenvalue weighted by molar-refractivity contribution is 7.07. The third kappa shape index (κ3) is 3.04. The first-order valence-electron chi connectivity index (χ1n) is 5.48. The van der Waals surface area contributed by atoms with Crippen molar-refractivity contribution < 1.29 is 9.53 Å². The van der Waals surface area contributed by atoms with Gasteiger partial charge >= 0.3 is 0 Å². The summed E-state index contributed by atoms with van der Waals surface area (Å²) in [6.07, 6.45) is 1.62. The number of nitrogens with zero attached hydrogens (tertiary/aromatic N) is 2. The largest absolute Gasteiger partial charge is 0.473 e. The number of carbonyl (C=O) groups excluding carboxylic acids is 1. The Labute approximate surface area is 109 Å². The second-order valence-electron chi connectivity index (χ2n) is 3.85. The number of thiazole rings is 1. The van der Waals surface area contributed by atoms with E-state index < -0.39 is 0 Å². The van der Waals surface area contributed by atoms with Gasteiger partial charge in [-0.15, -0.1) is 11.3 Å². The fourth-order valence-electron chi connectivity index (χ4n) is 1.31. The molecule has 0 bridgehead atoms. The van der Waals surface area contributed by atoms with Crippen LogP contribution < -0.4 is 10.1 Å². The maximum atomic E-state index is 11.9. The fourth-order valence-corrected chi connectivity index (χ4v) is 1.85. The molecule has 0 fully saturated rings. The predicted molar refractivity (Wildman–Crippen MR) is 70.1 cm³/mol. The number of hydrogen-bond donors (Lipinski definition) is 1. The average Bonchev–Trinajstić information content (AvgIpc) is 2.84. The normalized spacial score (nSPS) is 10.4. The third-order valence-electron chi connectivity index (χ3n) is 2.03. The lowest BCUT2D eigenvalue weighted by atomic mass is 10.3. The van der Waals surface area contributed by atoms with Crippen molar-refractivity contribution in [2.75, 3.05) is 5.32 Å². The average molecular weight is 263 g/mol. The molecule has 1 amide bonds. The first-order valence-corrected chi connectivity index (χ1v) is 6.42. The number of nitrogens with one attached hydrogen (secondary N) is 1. The number of rotatable bonds is 4. The molecule has 0 spiro atoms. The molecule has 6 heteroatoms. The van der Waals surface area contributed by atoms with Gasteiger partial charge in [0.2, 0.25) is 5.88 Å². The van der Waals surface area contributed by atoms with E-state index in [1.807, 2.05) is 13.8 Å². The van der Waals surface area contributed by atoms with Crippen LogP contribution in [-0.4, -0.2) is 22.0 Å². The van der Waals surface area contributed by atoms with Crippen LogP contribution in [0.5, 0.6) is 5.88 Å². The smallest absolute Gasteiger partial charge is 0.275 e. The van der Waals surface area contributed by atoms with Gasteiger partial charge in [0.05, 0.1) is 11.6 Å². The van der Waals surface area contributed by atoms with Crippen molar-refractivity contribution in [2.24, 2.45) is 0 Å². The van der Waals surface area contributed by atoms with Crippen LogP contribution in [0.4, 0.5) is 5.69 Å². The molecule has 0 aliphatic carbocycles. The standard InChI is InChI=1S/C12H13N3O2S/c1-8(2)17-12-9(4-3-5-13-12)15-11(16)10-6-18-7-14-10/h3-8H,1-2H3,(H,15,16). The number of aromatic nitrogens is 2. The minimum atomic E-state index is -0.266. The van der Waals surface area contributed by atoms with E-state index in [9.17, 15) is 4.79 Å². The van der Waals surface area contributed by atoms with Gasteiger partial charge < -0.3 is 10.1 Å². The molecule has 0 aliphatic rings. The van der Waals surface area contributed by atoms with Crippen molar-refractivity contribution in [3.05, 3.63) is 34.9 Å². The minimum absolute atomic E-state index is 0.00479. The summed E-state index contributed by atoms with van der Waals surface area (Å²) in [6, 6.07) is 3.48. The van der Waals surface area contributed by atoms with E-state index >= 15 is 0 Å². The molecular weight excluding hydrogens is 250 g/mol. The number of anilines is 1. The lowest BCUT2D eigenvalue weighted by Crippen LogP contribution is -2.15. The van der Waals surface area contributed by atoms with Crippen molar-refractivity contribution >= 4 is 22.9 Å². The van der Waals surface area contributed by atoms with Crippen molar-refractivity contribution in [1.82, 2.24) is 9.97 Å². The molecule has 0 atom stereocenters. The highest BCUT2D eigenvalue weighted by Gasteiger charge is 2.12. The molecule has 0 radical (unpaired) electrons. The third-order valence-corrected chi connectivity index (χ3v) is 2.62. The van der Waals surface area contributed by atoms with Crippen molar-refractivity contribution in [3.8, 4) is 5.88 Å². The number of amides is 1. The van der Waals surface area contributed by atoms with Crippen LogP contribution in [0.25, 0.3) is 0 Å². The Balaban J connectivity index is 2.16. The van der Waals surface area contributed by atoms with Crippen LogP contribution in [0.3, 0.4) is 0 Å². The van der Waals surface area contributed by atoms with Gasteiger partial charge in [0.25, 0.3) is 5.91 Å². The Kier molecular flexibility index (Phi) is 3.88. The zero-order valence-corrected chi connectivity index (χ0v) is 10.9. The van der Waals surface area contributed by atoms with Crippen LogP contribution in [0, 0.1) is 0 Å². The number of pyridine rings is 1. The van der Waals surface area contributed by atoms with Gasteiger partial charge in [-0.3, -0.25) is 4.79 Å². The first kappa shape index (κ1) is 12.5. The van der Waals surface area contributed by atoms with E-state index in [-0.39, 0.29) is 12.0 Å². The fraction of sp³-hybridized carbons (Fsp3) is 0.250. The van der Waals surface area contributed by atoms with Gasteiger partial charge in [0.15, 0.2) is 0 Å².